The van der Waals surface area contributed by atoms with Gasteiger partial charge in [-0.15, -0.1) is 0 Å². The van der Waals surface area contributed by atoms with Crippen LogP contribution in [0.3, 0.4) is 0 Å². The molecule has 0 radical (unpaired) electrons. The highest BCUT2D eigenvalue weighted by Crippen LogP contribution is 2.12. The highest BCUT2D eigenvalue weighted by Gasteiger charge is 2.01. The van der Waals surface area contributed by atoms with Crippen molar-refractivity contribution in [3.05, 3.63) is 35.6 Å². The van der Waals surface area contributed by atoms with Gasteiger partial charge in [0, 0.05) is 0 Å². The summed E-state index contributed by atoms with van der Waals surface area (Å²) < 4.78 is 12.7. The molecule has 0 aliphatic heterocycles. The zero-order valence-corrected chi connectivity index (χ0v) is 9.68. The second kappa shape index (κ2) is 7.54. The van der Waals surface area contributed by atoms with Crippen molar-refractivity contribution in [2.45, 2.75) is 40.5 Å². The summed E-state index contributed by atoms with van der Waals surface area (Å²) in [7, 11) is 0. The molecule has 0 bridgehead atoms. The molecule has 0 aliphatic rings. The summed E-state index contributed by atoms with van der Waals surface area (Å²) in [6, 6.07) is 6.86. The fourth-order valence-electron chi connectivity index (χ4n) is 1.21. The lowest BCUT2D eigenvalue weighted by molar-refractivity contribution is 0.555. The minimum Gasteiger partial charge on any atom is -0.207 e. The molecule has 0 saturated carbocycles. The summed E-state index contributed by atoms with van der Waals surface area (Å²) in [6.07, 6.45) is 2.13. The molecule has 0 heterocycles. The van der Waals surface area contributed by atoms with Gasteiger partial charge in [-0.25, -0.2) is 4.39 Å². The third kappa shape index (κ3) is 5.00. The van der Waals surface area contributed by atoms with Crippen LogP contribution in [0.15, 0.2) is 24.3 Å². The van der Waals surface area contributed by atoms with Crippen LogP contribution in [0.4, 0.5) is 4.39 Å². The normalized spacial score (nSPS) is 11.5. The van der Waals surface area contributed by atoms with Crippen molar-refractivity contribution in [3.63, 3.8) is 0 Å². The Hall–Kier alpha value is -0.850. The van der Waals surface area contributed by atoms with Crippen molar-refractivity contribution in [3.8, 4) is 0 Å². The molecule has 0 aromatic heterocycles. The molecule has 1 aromatic carbocycles. The van der Waals surface area contributed by atoms with Crippen LogP contribution in [-0.4, -0.2) is 0 Å². The van der Waals surface area contributed by atoms with E-state index in [0.717, 1.165) is 18.4 Å². The molecular formula is C13H21F. The summed E-state index contributed by atoms with van der Waals surface area (Å²) in [5, 5.41) is 0. The number of halogens is 1. The highest BCUT2D eigenvalue weighted by molar-refractivity contribution is 5.16. The van der Waals surface area contributed by atoms with Crippen molar-refractivity contribution in [1.82, 2.24) is 0 Å². The van der Waals surface area contributed by atoms with E-state index in [1.54, 1.807) is 12.1 Å². The largest absolute Gasteiger partial charge is 0.207 e. The van der Waals surface area contributed by atoms with E-state index in [9.17, 15) is 4.39 Å². The Kier molecular flexibility index (Phi) is 7.09. The molecule has 0 amide bonds. The molecule has 1 rings (SSSR count). The quantitative estimate of drug-likeness (QED) is 0.670. The van der Waals surface area contributed by atoms with Gasteiger partial charge in [0.05, 0.1) is 0 Å². The minimum atomic E-state index is -0.129. The molecule has 0 fully saturated rings. The van der Waals surface area contributed by atoms with Crippen molar-refractivity contribution < 1.29 is 4.39 Å². The molecule has 1 aromatic rings. The fraction of sp³-hybridized carbons (Fsp3) is 0.538. The SMILES string of the molecule is CC.CCC(C)Cc1cccc(F)c1. The molecule has 0 aliphatic carbocycles. The van der Waals surface area contributed by atoms with Gasteiger partial charge in [0.25, 0.3) is 0 Å². The first-order valence-corrected chi connectivity index (χ1v) is 5.46. The van der Waals surface area contributed by atoms with E-state index >= 15 is 0 Å². The molecule has 80 valence electrons. The molecule has 0 N–H and O–H groups in total. The fourth-order valence-corrected chi connectivity index (χ4v) is 1.21. The Morgan fingerprint density at radius 3 is 2.43 bits per heavy atom. The van der Waals surface area contributed by atoms with E-state index in [1.807, 2.05) is 19.9 Å². The number of benzene rings is 1. The van der Waals surface area contributed by atoms with Crippen LogP contribution in [0.5, 0.6) is 0 Å². The van der Waals surface area contributed by atoms with E-state index in [2.05, 4.69) is 13.8 Å². The number of rotatable bonds is 3. The van der Waals surface area contributed by atoms with Gasteiger partial charge in [-0.1, -0.05) is 46.2 Å². The standard InChI is InChI=1S/C11H15F.C2H6/c1-3-9(2)7-10-5-4-6-11(12)8-10;1-2/h4-6,8-9H,3,7H2,1-2H3;1-2H3. The topological polar surface area (TPSA) is 0 Å². The third-order valence-corrected chi connectivity index (χ3v) is 2.17. The number of hydrogen-bond acceptors (Lipinski definition) is 0. The summed E-state index contributed by atoms with van der Waals surface area (Å²) >= 11 is 0. The van der Waals surface area contributed by atoms with Crippen LogP contribution in [0.25, 0.3) is 0 Å². The lowest BCUT2D eigenvalue weighted by Crippen LogP contribution is -1.97. The van der Waals surface area contributed by atoms with Gasteiger partial charge in [-0.2, -0.15) is 0 Å². The predicted molar refractivity (Wildman–Crippen MR) is 60.9 cm³/mol. The first-order valence-electron chi connectivity index (χ1n) is 5.46. The molecule has 0 nitrogen and oxygen atoms in total. The number of hydrogen-bond donors (Lipinski definition) is 0. The molecule has 1 atom stereocenters. The molecule has 14 heavy (non-hydrogen) atoms. The van der Waals surface area contributed by atoms with E-state index < -0.39 is 0 Å². The van der Waals surface area contributed by atoms with E-state index in [4.69, 9.17) is 0 Å². The van der Waals surface area contributed by atoms with Gasteiger partial charge in [-0.05, 0) is 30.0 Å². The third-order valence-electron chi connectivity index (χ3n) is 2.17. The summed E-state index contributed by atoms with van der Waals surface area (Å²) in [6.45, 7) is 8.34. The maximum atomic E-state index is 12.7. The van der Waals surface area contributed by atoms with Crippen LogP contribution >= 0.6 is 0 Å². The van der Waals surface area contributed by atoms with Gasteiger partial charge >= 0.3 is 0 Å². The van der Waals surface area contributed by atoms with Crippen molar-refractivity contribution >= 4 is 0 Å². The van der Waals surface area contributed by atoms with Crippen LogP contribution in [-0.2, 0) is 6.42 Å². The van der Waals surface area contributed by atoms with Crippen LogP contribution in [0.1, 0.15) is 39.7 Å². The lowest BCUT2D eigenvalue weighted by atomic mass is 9.99. The van der Waals surface area contributed by atoms with Gasteiger partial charge in [0.2, 0.25) is 0 Å². The molecule has 1 unspecified atom stereocenters. The van der Waals surface area contributed by atoms with E-state index in [-0.39, 0.29) is 5.82 Å². The van der Waals surface area contributed by atoms with Crippen LogP contribution in [0, 0.1) is 11.7 Å². The average Bonchev–Trinajstić information content (AvgIpc) is 2.21. The molecule has 1 heteroatoms. The van der Waals surface area contributed by atoms with Gasteiger partial charge in [0.1, 0.15) is 5.82 Å². The van der Waals surface area contributed by atoms with E-state index in [1.165, 1.54) is 6.07 Å². The molecular weight excluding hydrogens is 175 g/mol. The average molecular weight is 196 g/mol. The van der Waals surface area contributed by atoms with Crippen molar-refractivity contribution in [2.24, 2.45) is 5.92 Å². The first-order chi connectivity index (χ1) is 6.72. The Labute approximate surface area is 87.2 Å². The maximum Gasteiger partial charge on any atom is 0.123 e. The maximum absolute atomic E-state index is 12.7. The summed E-state index contributed by atoms with van der Waals surface area (Å²) in [4.78, 5) is 0. The van der Waals surface area contributed by atoms with Gasteiger partial charge in [-0.3, -0.25) is 0 Å². The first kappa shape index (κ1) is 13.2. The summed E-state index contributed by atoms with van der Waals surface area (Å²) in [5.41, 5.74) is 1.10. The smallest absolute Gasteiger partial charge is 0.123 e. The van der Waals surface area contributed by atoms with E-state index in [0.29, 0.717) is 5.92 Å². The Bertz CT molecular complexity index is 243. The second-order valence-electron chi connectivity index (χ2n) is 3.35. The monoisotopic (exact) mass is 196 g/mol. The Balaban J connectivity index is 0.000000791. The van der Waals surface area contributed by atoms with Crippen LogP contribution in [0.2, 0.25) is 0 Å². The predicted octanol–water partition coefficient (Wildman–Crippen LogP) is 4.44. The molecule has 0 saturated heterocycles. The molecule has 0 spiro atoms. The minimum absolute atomic E-state index is 0.129. The van der Waals surface area contributed by atoms with Crippen LogP contribution < -0.4 is 0 Å². The summed E-state index contributed by atoms with van der Waals surface area (Å²) in [5.74, 6) is 0.516. The highest BCUT2D eigenvalue weighted by atomic mass is 19.1. The lowest BCUT2D eigenvalue weighted by Gasteiger charge is -2.07. The van der Waals surface area contributed by atoms with Gasteiger partial charge < -0.3 is 0 Å². The zero-order valence-electron chi connectivity index (χ0n) is 9.68. The zero-order chi connectivity index (χ0) is 11.0. The Morgan fingerprint density at radius 2 is 1.93 bits per heavy atom. The second-order valence-corrected chi connectivity index (χ2v) is 3.35. The van der Waals surface area contributed by atoms with Gasteiger partial charge in [0.15, 0.2) is 0 Å². The van der Waals surface area contributed by atoms with Crippen molar-refractivity contribution in [1.29, 1.82) is 0 Å². The Morgan fingerprint density at radius 1 is 1.29 bits per heavy atom. The van der Waals surface area contributed by atoms with Crippen molar-refractivity contribution in [2.75, 3.05) is 0 Å².